The minimum absolute atomic E-state index is 0.00519. The summed E-state index contributed by atoms with van der Waals surface area (Å²) in [6, 6.07) is 5.19. The number of anilines is 1. The van der Waals surface area contributed by atoms with E-state index in [2.05, 4.69) is 32.5 Å². The summed E-state index contributed by atoms with van der Waals surface area (Å²) in [4.78, 5) is 32.5. The molecular weight excluding hydrogens is 396 g/mol. The molecule has 4 N–H and O–H groups in total. The third kappa shape index (κ3) is 6.11. The van der Waals surface area contributed by atoms with E-state index in [0.717, 1.165) is 12.8 Å². The van der Waals surface area contributed by atoms with Crippen LogP contribution in [0.1, 0.15) is 25.3 Å². The maximum atomic E-state index is 12.3. The van der Waals surface area contributed by atoms with Crippen LogP contribution < -0.4 is 20.7 Å². The van der Waals surface area contributed by atoms with Gasteiger partial charge in [0.1, 0.15) is 5.84 Å². The lowest BCUT2D eigenvalue weighted by Gasteiger charge is -2.18. The summed E-state index contributed by atoms with van der Waals surface area (Å²) in [5, 5.41) is 16.6. The van der Waals surface area contributed by atoms with Crippen LogP contribution in [0, 0.1) is 11.3 Å². The van der Waals surface area contributed by atoms with Gasteiger partial charge in [0, 0.05) is 32.3 Å². The molecule has 0 aliphatic heterocycles. The molecule has 2 rings (SSSR count). The van der Waals surface area contributed by atoms with Gasteiger partial charge in [-0.15, -0.1) is 0 Å². The van der Waals surface area contributed by atoms with Crippen molar-refractivity contribution in [2.24, 2.45) is 15.9 Å². The van der Waals surface area contributed by atoms with Crippen LogP contribution in [0.4, 0.5) is 5.69 Å². The van der Waals surface area contributed by atoms with E-state index >= 15 is 0 Å². The number of methoxy groups -OCH3 is 1. The number of nitrogens with one attached hydrogen (secondary N) is 4. The zero-order valence-electron chi connectivity index (χ0n) is 18.2. The maximum absolute atomic E-state index is 12.3. The van der Waals surface area contributed by atoms with E-state index in [0.29, 0.717) is 28.5 Å². The lowest BCUT2D eigenvalue weighted by atomic mass is 10.1. The molecule has 0 atom stereocenters. The second kappa shape index (κ2) is 10.9. The van der Waals surface area contributed by atoms with Gasteiger partial charge in [0.2, 0.25) is 5.91 Å². The largest absolute Gasteiger partial charge is 0.494 e. The van der Waals surface area contributed by atoms with Gasteiger partial charge in [-0.2, -0.15) is 0 Å². The highest BCUT2D eigenvalue weighted by molar-refractivity contribution is 6.08. The van der Waals surface area contributed by atoms with Crippen LogP contribution in [0.3, 0.4) is 0 Å². The summed E-state index contributed by atoms with van der Waals surface area (Å²) in [6.07, 6.45) is 4.78. The van der Waals surface area contributed by atoms with Gasteiger partial charge in [-0.05, 0) is 31.9 Å². The molecule has 31 heavy (non-hydrogen) atoms. The van der Waals surface area contributed by atoms with E-state index in [1.54, 1.807) is 38.2 Å². The van der Waals surface area contributed by atoms with Gasteiger partial charge in [-0.25, -0.2) is 4.99 Å². The van der Waals surface area contributed by atoms with Crippen LogP contribution in [-0.4, -0.2) is 50.9 Å². The summed E-state index contributed by atoms with van der Waals surface area (Å²) >= 11 is 0. The number of para-hydroxylation sites is 1. The normalized spacial score (nSPS) is 14.2. The van der Waals surface area contributed by atoms with Crippen LogP contribution >= 0.6 is 0 Å². The lowest BCUT2D eigenvalue weighted by molar-refractivity contribution is -0.120. The second-order valence-corrected chi connectivity index (χ2v) is 6.74. The van der Waals surface area contributed by atoms with Crippen molar-refractivity contribution in [3.05, 3.63) is 47.7 Å². The fourth-order valence-electron chi connectivity index (χ4n) is 2.72. The van der Waals surface area contributed by atoms with Crippen LogP contribution in [0.15, 0.2) is 52.1 Å². The van der Waals surface area contributed by atoms with Crippen molar-refractivity contribution in [2.45, 2.75) is 19.8 Å². The van der Waals surface area contributed by atoms with Gasteiger partial charge in [0.25, 0.3) is 5.91 Å². The Morgan fingerprint density at radius 1 is 1.32 bits per heavy atom. The fourth-order valence-corrected chi connectivity index (χ4v) is 2.72. The molecule has 0 spiro atoms. The highest BCUT2D eigenvalue weighted by atomic mass is 16.5. The molecule has 9 heteroatoms. The Labute approximate surface area is 181 Å². The minimum atomic E-state index is -0.402. The van der Waals surface area contributed by atoms with Gasteiger partial charge in [-0.3, -0.25) is 20.0 Å². The highest BCUT2D eigenvalue weighted by Crippen LogP contribution is 2.31. The predicted molar refractivity (Wildman–Crippen MR) is 123 cm³/mol. The van der Waals surface area contributed by atoms with Crippen molar-refractivity contribution in [3.8, 4) is 5.75 Å². The Balaban J connectivity index is 2.45. The molecule has 0 aromatic heterocycles. The van der Waals surface area contributed by atoms with Crippen LogP contribution in [0.2, 0.25) is 0 Å². The molecule has 0 radical (unpaired) electrons. The smallest absolute Gasteiger partial charge is 0.252 e. The number of amides is 2. The van der Waals surface area contributed by atoms with Gasteiger partial charge in [0.05, 0.1) is 29.6 Å². The van der Waals surface area contributed by atoms with Gasteiger partial charge in [-0.1, -0.05) is 12.6 Å². The van der Waals surface area contributed by atoms with E-state index in [4.69, 9.17) is 10.1 Å². The number of ether oxygens (including phenoxy) is 1. The average molecular weight is 425 g/mol. The number of rotatable bonds is 8. The number of aliphatic imine (C=N–C) groups is 2. The number of nitrogens with zero attached hydrogens (tertiary/aromatic N) is 2. The molecule has 1 fully saturated rings. The molecule has 1 aliphatic carbocycles. The van der Waals surface area contributed by atoms with Crippen LogP contribution in [0.25, 0.3) is 0 Å². The fraction of sp³-hybridized carbons (Fsp3) is 0.318. The van der Waals surface area contributed by atoms with Crippen LogP contribution in [-0.2, 0) is 9.59 Å². The zero-order valence-corrected chi connectivity index (χ0v) is 18.2. The van der Waals surface area contributed by atoms with Gasteiger partial charge < -0.3 is 20.7 Å². The predicted octanol–water partition coefficient (Wildman–Crippen LogP) is 2.26. The van der Waals surface area contributed by atoms with E-state index < -0.39 is 5.91 Å². The Morgan fingerprint density at radius 2 is 2.03 bits per heavy atom. The quantitative estimate of drug-likeness (QED) is 0.221. The molecular formula is C22H28N6O3. The summed E-state index contributed by atoms with van der Waals surface area (Å²) in [5.74, 6) is 0.207. The first-order chi connectivity index (χ1) is 14.9. The Hall–Kier alpha value is -3.75. The SMILES string of the molecule is C=C(C(=O)NC)/C(=C\C(=NC)NC(=O)C1CC1)Nc1cccc(C(=N)N=CC)c1OC. The summed E-state index contributed by atoms with van der Waals surface area (Å²) in [7, 11) is 4.53. The van der Waals surface area contributed by atoms with Crippen molar-refractivity contribution in [1.82, 2.24) is 10.6 Å². The standard InChI is InChI=1S/C22H28N6O3/c1-6-26-20(23)15-8-7-9-16(19(15)31-5)27-17(13(2)21(29)25-4)12-18(24-3)28-22(30)14-10-11-14/h6-9,12,14,23,27H,2,10-11H2,1,3-5H3,(H,25,29)(H,24,28,30)/b17-12+,23-20?,26-6?. The third-order valence-corrected chi connectivity index (χ3v) is 4.55. The van der Waals surface area contributed by atoms with E-state index in [1.807, 2.05) is 0 Å². The molecule has 2 amide bonds. The third-order valence-electron chi connectivity index (χ3n) is 4.55. The Morgan fingerprint density at radius 3 is 2.58 bits per heavy atom. The summed E-state index contributed by atoms with van der Waals surface area (Å²) in [5.41, 5.74) is 1.42. The molecule has 1 aromatic carbocycles. The molecule has 1 aliphatic rings. The summed E-state index contributed by atoms with van der Waals surface area (Å²) < 4.78 is 5.51. The van der Waals surface area contributed by atoms with Gasteiger partial charge >= 0.3 is 0 Å². The van der Waals surface area contributed by atoms with Crippen LogP contribution in [0.5, 0.6) is 5.75 Å². The van der Waals surface area contributed by atoms with E-state index in [-0.39, 0.29) is 23.2 Å². The highest BCUT2D eigenvalue weighted by Gasteiger charge is 2.30. The molecule has 164 valence electrons. The number of hydrogen-bond donors (Lipinski definition) is 4. The second-order valence-electron chi connectivity index (χ2n) is 6.74. The summed E-state index contributed by atoms with van der Waals surface area (Å²) in [6.45, 7) is 5.58. The number of hydrogen-bond acceptors (Lipinski definition) is 6. The Bertz CT molecular complexity index is 973. The lowest BCUT2D eigenvalue weighted by Crippen LogP contribution is -2.31. The Kier molecular flexibility index (Phi) is 8.25. The van der Waals surface area contributed by atoms with Crippen molar-refractivity contribution in [2.75, 3.05) is 26.5 Å². The number of carbonyl (C=O) groups excluding carboxylic acids is 2. The van der Waals surface area contributed by atoms with Crippen molar-refractivity contribution in [3.63, 3.8) is 0 Å². The first kappa shape index (κ1) is 23.5. The van der Waals surface area contributed by atoms with Crippen molar-refractivity contribution < 1.29 is 14.3 Å². The van der Waals surface area contributed by atoms with Gasteiger partial charge in [0.15, 0.2) is 11.6 Å². The minimum Gasteiger partial charge on any atom is -0.494 e. The van der Waals surface area contributed by atoms with Crippen molar-refractivity contribution >= 4 is 35.4 Å². The molecule has 0 heterocycles. The van der Waals surface area contributed by atoms with Crippen molar-refractivity contribution in [1.29, 1.82) is 5.41 Å². The molecule has 1 saturated carbocycles. The zero-order chi connectivity index (χ0) is 23.0. The number of amidine groups is 2. The first-order valence-corrected chi connectivity index (χ1v) is 9.78. The average Bonchev–Trinajstić information content (AvgIpc) is 3.62. The molecule has 9 nitrogen and oxygen atoms in total. The van der Waals surface area contributed by atoms with E-state index in [1.165, 1.54) is 20.4 Å². The first-order valence-electron chi connectivity index (χ1n) is 9.78. The molecule has 0 bridgehead atoms. The molecule has 0 saturated heterocycles. The van der Waals surface area contributed by atoms with E-state index in [9.17, 15) is 9.59 Å². The monoisotopic (exact) mass is 424 g/mol. The molecule has 0 unspecified atom stereocenters. The topological polar surface area (TPSA) is 128 Å². The number of carbonyl (C=O) groups is 2. The number of likely N-dealkylation sites (N-methyl/N-ethyl adjacent to an activating group) is 1. The number of benzene rings is 1. The maximum Gasteiger partial charge on any atom is 0.252 e. The molecule has 1 aromatic rings.